The van der Waals surface area contributed by atoms with Crippen LogP contribution in [-0.4, -0.2) is 37.3 Å². The van der Waals surface area contributed by atoms with Gasteiger partial charge in [-0.2, -0.15) is 0 Å². The highest BCUT2D eigenvalue weighted by molar-refractivity contribution is 5.54. The van der Waals surface area contributed by atoms with Crippen molar-refractivity contribution in [2.24, 2.45) is 0 Å². The van der Waals surface area contributed by atoms with Crippen LogP contribution in [0, 0.1) is 6.92 Å². The highest BCUT2D eigenvalue weighted by Crippen LogP contribution is 2.22. The second-order valence-corrected chi connectivity index (χ2v) is 5.22. The molecule has 1 aromatic carbocycles. The first-order valence-electron chi connectivity index (χ1n) is 6.91. The summed E-state index contributed by atoms with van der Waals surface area (Å²) in [6, 6.07) is 6.19. The van der Waals surface area contributed by atoms with Gasteiger partial charge in [0.15, 0.2) is 0 Å². The summed E-state index contributed by atoms with van der Waals surface area (Å²) in [5.41, 5.74) is 2.83. The molecule has 0 spiro atoms. The standard InChI is InChI=1S/C15H24F2N2O/c1-11(2)18-9-13-4-5-14(12(3)8-13)19(6-7-20)10-15(16)17/h4-5,8,11,15,18,20H,6-7,9-10H2,1-3H3. The smallest absolute Gasteiger partial charge is 0.255 e. The van der Waals surface area contributed by atoms with Crippen LogP contribution in [0.1, 0.15) is 25.0 Å². The lowest BCUT2D eigenvalue weighted by molar-refractivity contribution is 0.153. The number of hydrogen-bond acceptors (Lipinski definition) is 3. The molecule has 20 heavy (non-hydrogen) atoms. The molecule has 0 aromatic heterocycles. The molecule has 1 aromatic rings. The molecule has 0 unspecified atom stereocenters. The number of halogens is 2. The van der Waals surface area contributed by atoms with Crippen molar-refractivity contribution in [3.63, 3.8) is 0 Å². The van der Waals surface area contributed by atoms with Crippen LogP contribution >= 0.6 is 0 Å². The van der Waals surface area contributed by atoms with Gasteiger partial charge in [0.05, 0.1) is 13.2 Å². The Kier molecular flexibility index (Phi) is 6.88. The normalized spacial score (nSPS) is 11.4. The zero-order chi connectivity index (χ0) is 15.1. The average Bonchev–Trinajstić information content (AvgIpc) is 2.35. The van der Waals surface area contributed by atoms with Crippen LogP contribution in [0.15, 0.2) is 18.2 Å². The van der Waals surface area contributed by atoms with Crippen LogP contribution < -0.4 is 10.2 Å². The van der Waals surface area contributed by atoms with Gasteiger partial charge >= 0.3 is 0 Å². The second kappa shape index (κ2) is 8.17. The number of nitrogens with zero attached hydrogens (tertiary/aromatic N) is 1. The molecule has 0 heterocycles. The fraction of sp³-hybridized carbons (Fsp3) is 0.600. The topological polar surface area (TPSA) is 35.5 Å². The van der Waals surface area contributed by atoms with Crippen molar-refractivity contribution in [2.75, 3.05) is 24.6 Å². The largest absolute Gasteiger partial charge is 0.395 e. The summed E-state index contributed by atoms with van der Waals surface area (Å²) in [6.07, 6.45) is -2.41. The average molecular weight is 286 g/mol. The van der Waals surface area contributed by atoms with E-state index in [1.807, 2.05) is 25.1 Å². The maximum Gasteiger partial charge on any atom is 0.255 e. The molecule has 0 radical (unpaired) electrons. The third-order valence-electron chi connectivity index (χ3n) is 3.04. The zero-order valence-electron chi connectivity index (χ0n) is 12.4. The predicted molar refractivity (Wildman–Crippen MR) is 78.5 cm³/mol. The fourth-order valence-electron chi connectivity index (χ4n) is 2.10. The quantitative estimate of drug-likeness (QED) is 0.771. The van der Waals surface area contributed by atoms with Gasteiger partial charge in [-0.25, -0.2) is 8.78 Å². The Morgan fingerprint density at radius 3 is 2.50 bits per heavy atom. The molecule has 0 aliphatic rings. The van der Waals surface area contributed by atoms with Crippen LogP contribution in [-0.2, 0) is 6.54 Å². The van der Waals surface area contributed by atoms with Gasteiger partial charge in [-0.05, 0) is 24.1 Å². The minimum Gasteiger partial charge on any atom is -0.395 e. The number of alkyl halides is 2. The molecule has 0 aliphatic heterocycles. The second-order valence-electron chi connectivity index (χ2n) is 5.22. The van der Waals surface area contributed by atoms with E-state index in [9.17, 15) is 8.78 Å². The van der Waals surface area contributed by atoms with Gasteiger partial charge in [-0.1, -0.05) is 26.0 Å². The molecule has 0 aliphatic carbocycles. The third kappa shape index (κ3) is 5.43. The van der Waals surface area contributed by atoms with Crippen molar-refractivity contribution >= 4 is 5.69 Å². The van der Waals surface area contributed by atoms with Crippen LogP contribution in [0.2, 0.25) is 0 Å². The van der Waals surface area contributed by atoms with Gasteiger partial charge in [0.2, 0.25) is 0 Å². The Morgan fingerprint density at radius 2 is 2.00 bits per heavy atom. The Labute approximate surface area is 119 Å². The van der Waals surface area contributed by atoms with Crippen LogP contribution in [0.4, 0.5) is 14.5 Å². The molecule has 3 nitrogen and oxygen atoms in total. The van der Waals surface area contributed by atoms with Crippen LogP contribution in [0.25, 0.3) is 0 Å². The van der Waals surface area contributed by atoms with Gasteiger partial charge < -0.3 is 15.3 Å². The minimum atomic E-state index is -2.41. The zero-order valence-corrected chi connectivity index (χ0v) is 12.4. The van der Waals surface area contributed by atoms with Gasteiger partial charge in [0.25, 0.3) is 6.43 Å². The van der Waals surface area contributed by atoms with E-state index in [-0.39, 0.29) is 19.7 Å². The monoisotopic (exact) mass is 286 g/mol. The first-order chi connectivity index (χ1) is 9.43. The Hall–Kier alpha value is -1.20. The first-order valence-corrected chi connectivity index (χ1v) is 6.91. The highest BCUT2D eigenvalue weighted by Gasteiger charge is 2.14. The lowest BCUT2D eigenvalue weighted by Crippen LogP contribution is -2.32. The summed E-state index contributed by atoms with van der Waals surface area (Å²) >= 11 is 0. The van der Waals surface area contributed by atoms with E-state index in [1.54, 1.807) is 0 Å². The van der Waals surface area contributed by atoms with Crippen LogP contribution in [0.3, 0.4) is 0 Å². The predicted octanol–water partition coefficient (Wildman–Crippen LogP) is 2.56. The summed E-state index contributed by atoms with van der Waals surface area (Å²) in [6.45, 7) is 6.54. The number of rotatable bonds is 8. The molecule has 2 N–H and O–H groups in total. The summed E-state index contributed by atoms with van der Waals surface area (Å²) in [4.78, 5) is 1.53. The number of nitrogens with one attached hydrogen (secondary N) is 1. The number of benzene rings is 1. The third-order valence-corrected chi connectivity index (χ3v) is 3.04. The van der Waals surface area contributed by atoms with Crippen molar-refractivity contribution in [2.45, 2.75) is 39.8 Å². The lowest BCUT2D eigenvalue weighted by atomic mass is 10.1. The van der Waals surface area contributed by atoms with E-state index < -0.39 is 6.43 Å². The Bertz CT molecular complexity index is 411. The summed E-state index contributed by atoms with van der Waals surface area (Å²) < 4.78 is 25.2. The summed E-state index contributed by atoms with van der Waals surface area (Å²) in [5.74, 6) is 0. The van der Waals surface area contributed by atoms with Gasteiger partial charge in [-0.15, -0.1) is 0 Å². The molecule has 0 bridgehead atoms. The van der Waals surface area contributed by atoms with Gasteiger partial charge in [0, 0.05) is 24.8 Å². The van der Waals surface area contributed by atoms with E-state index >= 15 is 0 Å². The van der Waals surface area contributed by atoms with Gasteiger partial charge in [0.1, 0.15) is 0 Å². The molecule has 0 saturated carbocycles. The van der Waals surface area contributed by atoms with Crippen molar-refractivity contribution < 1.29 is 13.9 Å². The molecule has 0 fully saturated rings. The molecule has 0 atom stereocenters. The SMILES string of the molecule is Cc1cc(CNC(C)C)ccc1N(CCO)CC(F)F. The number of aliphatic hydroxyl groups excluding tert-OH is 1. The highest BCUT2D eigenvalue weighted by atomic mass is 19.3. The van der Waals surface area contributed by atoms with E-state index in [0.717, 1.165) is 23.4 Å². The van der Waals surface area contributed by atoms with E-state index in [2.05, 4.69) is 19.2 Å². The number of anilines is 1. The summed E-state index contributed by atoms with van der Waals surface area (Å²) in [5, 5.41) is 12.3. The number of aliphatic hydroxyl groups is 1. The molecule has 5 heteroatoms. The number of hydrogen-bond donors (Lipinski definition) is 2. The van der Waals surface area contributed by atoms with E-state index in [1.165, 1.54) is 4.90 Å². The lowest BCUT2D eigenvalue weighted by Gasteiger charge is -2.25. The maximum absolute atomic E-state index is 12.6. The summed E-state index contributed by atoms with van der Waals surface area (Å²) in [7, 11) is 0. The van der Waals surface area contributed by atoms with Crippen LogP contribution in [0.5, 0.6) is 0 Å². The molecule has 114 valence electrons. The maximum atomic E-state index is 12.6. The first kappa shape index (κ1) is 16.9. The van der Waals surface area contributed by atoms with Crippen molar-refractivity contribution in [3.8, 4) is 0 Å². The molecule has 0 saturated heterocycles. The Morgan fingerprint density at radius 1 is 1.30 bits per heavy atom. The molecular weight excluding hydrogens is 262 g/mol. The molecule has 0 amide bonds. The molecular formula is C15H24F2N2O. The van der Waals surface area contributed by atoms with Gasteiger partial charge in [-0.3, -0.25) is 0 Å². The van der Waals surface area contributed by atoms with E-state index in [0.29, 0.717) is 6.04 Å². The number of aryl methyl sites for hydroxylation is 1. The molecule has 1 rings (SSSR count). The van der Waals surface area contributed by atoms with Crippen molar-refractivity contribution in [1.29, 1.82) is 0 Å². The van der Waals surface area contributed by atoms with Crippen molar-refractivity contribution in [3.05, 3.63) is 29.3 Å². The minimum absolute atomic E-state index is 0.136. The fourth-order valence-corrected chi connectivity index (χ4v) is 2.10. The Balaban J connectivity index is 2.83. The van der Waals surface area contributed by atoms with E-state index in [4.69, 9.17) is 5.11 Å². The van der Waals surface area contributed by atoms with Crippen molar-refractivity contribution in [1.82, 2.24) is 5.32 Å².